The summed E-state index contributed by atoms with van der Waals surface area (Å²) in [6, 6.07) is 0.598. The van der Waals surface area contributed by atoms with Crippen molar-refractivity contribution < 1.29 is 24.3 Å². The van der Waals surface area contributed by atoms with Crippen LogP contribution >= 0.6 is 0 Å². The summed E-state index contributed by atoms with van der Waals surface area (Å²) < 4.78 is 0. The van der Waals surface area contributed by atoms with Crippen molar-refractivity contribution in [3.05, 3.63) is 0 Å². The maximum absolute atomic E-state index is 12.8. The maximum Gasteiger partial charge on any atom is 0.308 e. The van der Waals surface area contributed by atoms with E-state index in [-0.39, 0.29) is 36.1 Å². The summed E-state index contributed by atoms with van der Waals surface area (Å²) in [4.78, 5) is 54.7. The summed E-state index contributed by atoms with van der Waals surface area (Å²) >= 11 is 0. The third-order valence-corrected chi connectivity index (χ3v) is 11.5. The van der Waals surface area contributed by atoms with E-state index >= 15 is 0 Å². The molecule has 3 saturated heterocycles. The zero-order valence-corrected chi connectivity index (χ0v) is 27.8. The van der Waals surface area contributed by atoms with Gasteiger partial charge in [-0.25, -0.2) is 0 Å². The van der Waals surface area contributed by atoms with Gasteiger partial charge in [0.2, 0.25) is 17.7 Å². The molecule has 244 valence electrons. The van der Waals surface area contributed by atoms with Crippen LogP contribution in [0, 0.1) is 47.3 Å². The molecule has 0 radical (unpaired) electrons. The number of carboxylic acid groups (broad SMARTS) is 1. The maximum atomic E-state index is 12.8. The number of hydrogen-bond donors (Lipinski definition) is 1. The van der Waals surface area contributed by atoms with Crippen LogP contribution in [0.15, 0.2) is 0 Å². The van der Waals surface area contributed by atoms with Gasteiger partial charge in [-0.3, -0.25) is 19.2 Å². The monoisotopic (exact) mass is 601 g/mol. The van der Waals surface area contributed by atoms with Crippen molar-refractivity contribution in [2.75, 3.05) is 26.2 Å². The Morgan fingerprint density at radius 3 is 1.56 bits per heavy atom. The standard InChI is InChI=1S/C20H34N2O2.C15H25NO3/c1-14(2)17-8-7-15(3)11-18(17)22-13-16(12-19(22)23)20(24)21-9-5-4-6-10-21;1-9(2)12-5-4-10(3)6-13(12)16-8-11(15(18)19)7-14(16)17/h14-18H,4-13H2,1-3H3;9-13H,4-8H2,1-3H3,(H,18,19). The second-order valence-electron chi connectivity index (χ2n) is 15.4. The highest BCUT2D eigenvalue weighted by molar-refractivity contribution is 5.89. The summed E-state index contributed by atoms with van der Waals surface area (Å²) in [6.45, 7) is 16.4. The summed E-state index contributed by atoms with van der Waals surface area (Å²) in [7, 11) is 0. The first-order valence-electron chi connectivity index (χ1n) is 17.5. The molecule has 8 atom stereocenters. The van der Waals surface area contributed by atoms with E-state index in [2.05, 4.69) is 46.4 Å². The van der Waals surface area contributed by atoms with E-state index in [1.54, 1.807) is 0 Å². The van der Waals surface area contributed by atoms with Crippen LogP contribution in [0.4, 0.5) is 0 Å². The molecule has 5 aliphatic rings. The molecule has 5 fully saturated rings. The molecule has 3 aliphatic heterocycles. The summed E-state index contributed by atoms with van der Waals surface area (Å²) in [5, 5.41) is 9.10. The molecule has 1 N–H and O–H groups in total. The SMILES string of the molecule is CC1CCC(C(C)C)C(N2CC(C(=O)N3CCCCC3)CC2=O)C1.CC1CCC(C(C)C)C(N2CC(C(=O)O)CC2=O)C1. The fraction of sp³-hybridized carbons (Fsp3) is 0.886. The molecular weight excluding hydrogens is 542 g/mol. The number of carbonyl (C=O) groups is 4. The van der Waals surface area contributed by atoms with Crippen LogP contribution in [0.5, 0.6) is 0 Å². The molecule has 8 heteroatoms. The minimum absolute atomic E-state index is 0.0390. The van der Waals surface area contributed by atoms with Gasteiger partial charge >= 0.3 is 5.97 Å². The van der Waals surface area contributed by atoms with Crippen LogP contribution in [0.2, 0.25) is 0 Å². The zero-order chi connectivity index (χ0) is 31.4. The molecule has 3 heterocycles. The molecule has 8 unspecified atom stereocenters. The van der Waals surface area contributed by atoms with E-state index in [1.807, 2.05) is 9.80 Å². The van der Waals surface area contributed by atoms with E-state index in [0.29, 0.717) is 61.1 Å². The fourth-order valence-electron chi connectivity index (χ4n) is 8.83. The Hall–Kier alpha value is -2.12. The number of piperidine rings is 1. The highest BCUT2D eigenvalue weighted by Gasteiger charge is 2.45. The molecule has 0 spiro atoms. The predicted octanol–water partition coefficient (Wildman–Crippen LogP) is 5.69. The highest BCUT2D eigenvalue weighted by atomic mass is 16.4. The average molecular weight is 602 g/mol. The molecular formula is C35H59N3O5. The minimum atomic E-state index is -0.833. The van der Waals surface area contributed by atoms with Gasteiger partial charge in [-0.05, 0) is 80.5 Å². The Kier molecular flexibility index (Phi) is 11.6. The van der Waals surface area contributed by atoms with Gasteiger partial charge in [0.1, 0.15) is 0 Å². The first kappa shape index (κ1) is 33.8. The lowest BCUT2D eigenvalue weighted by atomic mass is 9.73. The molecule has 0 aromatic rings. The topological polar surface area (TPSA) is 98.2 Å². The summed E-state index contributed by atoms with van der Waals surface area (Å²) in [5.74, 6) is 2.65. The second-order valence-corrected chi connectivity index (χ2v) is 15.4. The lowest BCUT2D eigenvalue weighted by molar-refractivity contribution is -0.141. The zero-order valence-electron chi connectivity index (χ0n) is 27.8. The molecule has 3 amide bonds. The van der Waals surface area contributed by atoms with Crippen molar-refractivity contribution in [2.45, 2.75) is 124 Å². The van der Waals surface area contributed by atoms with Gasteiger partial charge in [-0.2, -0.15) is 0 Å². The number of likely N-dealkylation sites (tertiary alicyclic amines) is 3. The molecule has 8 nitrogen and oxygen atoms in total. The first-order chi connectivity index (χ1) is 20.4. The lowest BCUT2D eigenvalue weighted by Crippen LogP contribution is -2.47. The number of carboxylic acids is 1. The smallest absolute Gasteiger partial charge is 0.308 e. The Balaban J connectivity index is 0.000000203. The predicted molar refractivity (Wildman–Crippen MR) is 168 cm³/mol. The highest BCUT2D eigenvalue weighted by Crippen LogP contribution is 2.40. The van der Waals surface area contributed by atoms with Gasteiger partial charge in [-0.1, -0.05) is 54.4 Å². The van der Waals surface area contributed by atoms with Gasteiger partial charge in [0.05, 0.1) is 11.8 Å². The molecule has 43 heavy (non-hydrogen) atoms. The van der Waals surface area contributed by atoms with Crippen LogP contribution in [0.1, 0.15) is 112 Å². The first-order valence-corrected chi connectivity index (χ1v) is 17.5. The largest absolute Gasteiger partial charge is 0.481 e. The Bertz CT molecular complexity index is 992. The van der Waals surface area contributed by atoms with E-state index in [9.17, 15) is 19.2 Å². The van der Waals surface area contributed by atoms with E-state index in [1.165, 1.54) is 25.7 Å². The second kappa shape index (κ2) is 14.8. The third kappa shape index (κ3) is 8.13. The van der Waals surface area contributed by atoms with Crippen molar-refractivity contribution in [1.82, 2.24) is 14.7 Å². The third-order valence-electron chi connectivity index (χ3n) is 11.5. The average Bonchev–Trinajstić information content (AvgIpc) is 3.55. The Labute approximate surface area is 260 Å². The number of hydrogen-bond acceptors (Lipinski definition) is 4. The molecule has 0 bridgehead atoms. The Morgan fingerprint density at radius 2 is 1.14 bits per heavy atom. The molecule has 0 aromatic carbocycles. The molecule has 5 rings (SSSR count). The van der Waals surface area contributed by atoms with Crippen LogP contribution < -0.4 is 0 Å². The van der Waals surface area contributed by atoms with Crippen LogP contribution in [0.3, 0.4) is 0 Å². The van der Waals surface area contributed by atoms with Crippen LogP contribution in [-0.4, -0.2) is 81.8 Å². The fourth-order valence-corrected chi connectivity index (χ4v) is 8.83. The quantitative estimate of drug-likeness (QED) is 0.422. The number of rotatable bonds is 6. The van der Waals surface area contributed by atoms with Gasteiger partial charge in [0, 0.05) is 51.1 Å². The van der Waals surface area contributed by atoms with Crippen molar-refractivity contribution in [3.63, 3.8) is 0 Å². The number of aliphatic carboxylic acids is 1. The van der Waals surface area contributed by atoms with Gasteiger partial charge < -0.3 is 19.8 Å². The van der Waals surface area contributed by atoms with E-state index in [4.69, 9.17) is 5.11 Å². The van der Waals surface area contributed by atoms with Crippen LogP contribution in [-0.2, 0) is 19.2 Å². The minimum Gasteiger partial charge on any atom is -0.481 e. The van der Waals surface area contributed by atoms with Gasteiger partial charge in [0.15, 0.2) is 0 Å². The van der Waals surface area contributed by atoms with Crippen molar-refractivity contribution in [2.24, 2.45) is 47.3 Å². The number of nitrogens with zero attached hydrogens (tertiary/aromatic N) is 3. The molecule has 2 saturated carbocycles. The molecule has 0 aromatic heterocycles. The Morgan fingerprint density at radius 1 is 0.698 bits per heavy atom. The number of carbonyl (C=O) groups excluding carboxylic acids is 3. The summed E-state index contributed by atoms with van der Waals surface area (Å²) in [6.07, 6.45) is 11.1. The van der Waals surface area contributed by atoms with Gasteiger partial charge in [0.25, 0.3) is 0 Å². The number of amides is 3. The van der Waals surface area contributed by atoms with Crippen molar-refractivity contribution >= 4 is 23.7 Å². The van der Waals surface area contributed by atoms with Crippen LogP contribution in [0.25, 0.3) is 0 Å². The normalized spacial score (nSPS) is 35.4. The van der Waals surface area contributed by atoms with Gasteiger partial charge in [-0.15, -0.1) is 0 Å². The lowest BCUT2D eigenvalue weighted by Gasteiger charge is -2.42. The van der Waals surface area contributed by atoms with E-state index < -0.39 is 11.9 Å². The van der Waals surface area contributed by atoms with Crippen molar-refractivity contribution in [3.8, 4) is 0 Å². The van der Waals surface area contributed by atoms with Crippen molar-refractivity contribution in [1.29, 1.82) is 0 Å². The molecule has 2 aliphatic carbocycles. The summed E-state index contributed by atoms with van der Waals surface area (Å²) in [5.41, 5.74) is 0. The van der Waals surface area contributed by atoms with E-state index in [0.717, 1.165) is 45.2 Å².